The van der Waals surface area contributed by atoms with Gasteiger partial charge in [-0.05, 0) is 73.7 Å². The first-order chi connectivity index (χ1) is 12.3. The van der Waals surface area contributed by atoms with E-state index >= 15 is 0 Å². The van der Waals surface area contributed by atoms with Gasteiger partial charge in [0.1, 0.15) is 0 Å². The van der Waals surface area contributed by atoms with Crippen molar-refractivity contribution in [1.29, 1.82) is 0 Å². The average molecular weight is 370 g/mol. The van der Waals surface area contributed by atoms with Gasteiger partial charge in [0.15, 0.2) is 0 Å². The van der Waals surface area contributed by atoms with E-state index in [-0.39, 0.29) is 11.4 Å². The summed E-state index contributed by atoms with van der Waals surface area (Å²) < 4.78 is 0. The summed E-state index contributed by atoms with van der Waals surface area (Å²) in [7, 11) is 2.14. The normalized spacial score (nSPS) is 18.7. The van der Waals surface area contributed by atoms with Crippen LogP contribution in [-0.2, 0) is 0 Å². The van der Waals surface area contributed by atoms with Crippen molar-refractivity contribution in [3.05, 3.63) is 64.2 Å². The summed E-state index contributed by atoms with van der Waals surface area (Å²) in [6.45, 7) is 6.80. The molecule has 0 aliphatic carbocycles. The Labute approximate surface area is 159 Å². The van der Waals surface area contributed by atoms with Gasteiger partial charge in [0.25, 0.3) is 5.91 Å². The standard InChI is InChI=1S/C21H24ClN3O/c1-14-12-21(2,3)25(4)19-10-5-15(11-18(14)19)13-23-24-20(26)16-6-8-17(22)9-7-16/h5-11,13-14H,12H2,1-4H3,(H,24,26)/b23-13+. The lowest BCUT2D eigenvalue weighted by Crippen LogP contribution is -2.45. The second kappa shape index (κ2) is 7.12. The van der Waals surface area contributed by atoms with Crippen LogP contribution in [0.2, 0.25) is 5.02 Å². The van der Waals surface area contributed by atoms with Gasteiger partial charge in [-0.3, -0.25) is 4.79 Å². The van der Waals surface area contributed by atoms with Crippen molar-refractivity contribution in [2.24, 2.45) is 5.10 Å². The van der Waals surface area contributed by atoms with Crippen molar-refractivity contribution in [3.8, 4) is 0 Å². The Balaban J connectivity index is 1.73. The molecule has 26 heavy (non-hydrogen) atoms. The fourth-order valence-corrected chi connectivity index (χ4v) is 3.63. The Hall–Kier alpha value is -2.33. The average Bonchev–Trinajstić information content (AvgIpc) is 2.60. The number of nitrogens with zero attached hydrogens (tertiary/aromatic N) is 2. The molecular weight excluding hydrogens is 346 g/mol. The van der Waals surface area contributed by atoms with E-state index in [0.29, 0.717) is 16.5 Å². The number of hydrogen-bond acceptors (Lipinski definition) is 3. The zero-order chi connectivity index (χ0) is 18.9. The fraction of sp³-hybridized carbons (Fsp3) is 0.333. The smallest absolute Gasteiger partial charge is 0.271 e. The van der Waals surface area contributed by atoms with Gasteiger partial charge in [-0.15, -0.1) is 0 Å². The highest BCUT2D eigenvalue weighted by Crippen LogP contribution is 2.42. The molecule has 3 rings (SSSR count). The minimum Gasteiger partial charge on any atom is -0.369 e. The third kappa shape index (κ3) is 3.75. The molecule has 5 heteroatoms. The van der Waals surface area contributed by atoms with Crippen LogP contribution >= 0.6 is 11.6 Å². The lowest BCUT2D eigenvalue weighted by atomic mass is 9.80. The molecule has 1 unspecified atom stereocenters. The Bertz CT molecular complexity index is 843. The molecule has 1 heterocycles. The van der Waals surface area contributed by atoms with E-state index in [9.17, 15) is 4.79 Å². The molecule has 0 aromatic heterocycles. The highest BCUT2D eigenvalue weighted by Gasteiger charge is 2.33. The van der Waals surface area contributed by atoms with Crippen molar-refractivity contribution in [2.75, 3.05) is 11.9 Å². The maximum absolute atomic E-state index is 12.1. The van der Waals surface area contributed by atoms with Gasteiger partial charge >= 0.3 is 0 Å². The topological polar surface area (TPSA) is 44.7 Å². The molecule has 1 aliphatic rings. The summed E-state index contributed by atoms with van der Waals surface area (Å²) in [5.41, 5.74) is 6.78. The quantitative estimate of drug-likeness (QED) is 0.622. The van der Waals surface area contributed by atoms with Crippen molar-refractivity contribution in [1.82, 2.24) is 5.43 Å². The molecule has 2 aromatic carbocycles. The van der Waals surface area contributed by atoms with Gasteiger partial charge in [-0.1, -0.05) is 24.6 Å². The van der Waals surface area contributed by atoms with E-state index in [1.165, 1.54) is 11.3 Å². The molecule has 0 spiro atoms. The minimum atomic E-state index is -0.259. The number of benzene rings is 2. The maximum Gasteiger partial charge on any atom is 0.271 e. The zero-order valence-electron chi connectivity index (χ0n) is 15.6. The number of hydrogen-bond donors (Lipinski definition) is 1. The van der Waals surface area contributed by atoms with E-state index in [2.05, 4.69) is 55.4 Å². The molecule has 136 valence electrons. The first kappa shape index (κ1) is 18.5. The number of anilines is 1. The van der Waals surface area contributed by atoms with Crippen LogP contribution < -0.4 is 10.3 Å². The first-order valence-electron chi connectivity index (χ1n) is 8.75. The van der Waals surface area contributed by atoms with Crippen molar-refractivity contribution < 1.29 is 4.79 Å². The molecule has 0 saturated heterocycles. The molecule has 0 radical (unpaired) electrons. The molecule has 1 amide bonds. The van der Waals surface area contributed by atoms with Gasteiger partial charge in [0.05, 0.1) is 6.21 Å². The molecule has 0 bridgehead atoms. The van der Waals surface area contributed by atoms with E-state index in [0.717, 1.165) is 12.0 Å². The molecule has 0 saturated carbocycles. The molecular formula is C21H24ClN3O. The second-order valence-electron chi connectivity index (χ2n) is 7.50. The van der Waals surface area contributed by atoms with E-state index in [4.69, 9.17) is 11.6 Å². The van der Waals surface area contributed by atoms with Gasteiger partial charge in [0, 0.05) is 28.9 Å². The number of nitrogens with one attached hydrogen (secondary N) is 1. The van der Waals surface area contributed by atoms with Crippen molar-refractivity contribution in [3.63, 3.8) is 0 Å². The Morgan fingerprint density at radius 2 is 1.96 bits per heavy atom. The predicted molar refractivity (Wildman–Crippen MR) is 108 cm³/mol. The van der Waals surface area contributed by atoms with Crippen molar-refractivity contribution >= 4 is 29.4 Å². The van der Waals surface area contributed by atoms with E-state index in [1.54, 1.807) is 30.5 Å². The van der Waals surface area contributed by atoms with Crippen LogP contribution in [0, 0.1) is 0 Å². The lowest BCUT2D eigenvalue weighted by Gasteiger charge is -2.45. The van der Waals surface area contributed by atoms with Gasteiger partial charge in [-0.25, -0.2) is 5.43 Å². The van der Waals surface area contributed by atoms with Crippen LogP contribution in [0.5, 0.6) is 0 Å². The largest absolute Gasteiger partial charge is 0.369 e. The first-order valence-corrected chi connectivity index (χ1v) is 9.12. The molecule has 0 fully saturated rings. The van der Waals surface area contributed by atoms with Crippen LogP contribution in [0.4, 0.5) is 5.69 Å². The lowest BCUT2D eigenvalue weighted by molar-refractivity contribution is 0.0955. The fourth-order valence-electron chi connectivity index (χ4n) is 3.51. The summed E-state index contributed by atoms with van der Waals surface area (Å²) >= 11 is 5.83. The molecule has 4 nitrogen and oxygen atoms in total. The Morgan fingerprint density at radius 1 is 1.27 bits per heavy atom. The Morgan fingerprint density at radius 3 is 2.65 bits per heavy atom. The van der Waals surface area contributed by atoms with Crippen LogP contribution in [0.3, 0.4) is 0 Å². The Kier molecular flexibility index (Phi) is 5.05. The summed E-state index contributed by atoms with van der Waals surface area (Å²) in [5, 5.41) is 4.69. The van der Waals surface area contributed by atoms with E-state index < -0.39 is 0 Å². The summed E-state index contributed by atoms with van der Waals surface area (Å²) in [6, 6.07) is 13.0. The van der Waals surface area contributed by atoms with Crippen LogP contribution in [-0.4, -0.2) is 24.7 Å². The highest BCUT2D eigenvalue weighted by molar-refractivity contribution is 6.30. The summed E-state index contributed by atoms with van der Waals surface area (Å²) in [5.74, 6) is 0.221. The number of carbonyl (C=O) groups excluding carboxylic acids is 1. The zero-order valence-corrected chi connectivity index (χ0v) is 16.3. The van der Waals surface area contributed by atoms with Crippen LogP contribution in [0.1, 0.15) is 54.6 Å². The summed E-state index contributed by atoms with van der Waals surface area (Å²) in [6.07, 6.45) is 2.78. The molecule has 1 N–H and O–H groups in total. The molecule has 2 aromatic rings. The second-order valence-corrected chi connectivity index (χ2v) is 7.94. The number of rotatable bonds is 3. The van der Waals surface area contributed by atoms with Crippen LogP contribution in [0.15, 0.2) is 47.6 Å². The summed E-state index contributed by atoms with van der Waals surface area (Å²) in [4.78, 5) is 14.4. The maximum atomic E-state index is 12.1. The number of fused-ring (bicyclic) bond motifs is 1. The number of amides is 1. The number of carbonyl (C=O) groups is 1. The van der Waals surface area contributed by atoms with Crippen LogP contribution in [0.25, 0.3) is 0 Å². The third-order valence-electron chi connectivity index (χ3n) is 5.14. The van der Waals surface area contributed by atoms with E-state index in [1.807, 2.05) is 6.07 Å². The predicted octanol–water partition coefficient (Wildman–Crippen LogP) is 4.83. The monoisotopic (exact) mass is 369 g/mol. The number of halogens is 1. The minimum absolute atomic E-state index is 0.147. The van der Waals surface area contributed by atoms with Crippen molar-refractivity contribution in [2.45, 2.75) is 38.6 Å². The molecule has 1 atom stereocenters. The SMILES string of the molecule is CC1CC(C)(C)N(C)c2ccc(/C=N/NC(=O)c3ccc(Cl)cc3)cc21. The third-order valence-corrected chi connectivity index (χ3v) is 5.40. The van der Waals surface area contributed by atoms with Gasteiger partial charge < -0.3 is 4.90 Å². The number of hydrazone groups is 1. The van der Waals surface area contributed by atoms with Gasteiger partial charge in [0.2, 0.25) is 0 Å². The molecule has 1 aliphatic heterocycles. The van der Waals surface area contributed by atoms with Gasteiger partial charge in [-0.2, -0.15) is 5.10 Å². The highest BCUT2D eigenvalue weighted by atomic mass is 35.5.